The van der Waals surface area contributed by atoms with Crippen LogP contribution in [0.2, 0.25) is 0 Å². The highest BCUT2D eigenvalue weighted by atomic mass is 16.5. The number of ether oxygens (including phenoxy) is 1. The SMILES string of the molecule is CCC1CCCCN1C(=O)c1cccc(OCC(N)=O)c1. The second-order valence-corrected chi connectivity index (χ2v) is 5.34. The van der Waals surface area contributed by atoms with Gasteiger partial charge in [-0.2, -0.15) is 0 Å². The van der Waals surface area contributed by atoms with Crippen molar-refractivity contribution >= 4 is 11.8 Å². The molecular weight excluding hydrogens is 268 g/mol. The van der Waals surface area contributed by atoms with E-state index in [0.717, 1.165) is 25.8 Å². The van der Waals surface area contributed by atoms with Gasteiger partial charge in [-0.1, -0.05) is 13.0 Å². The van der Waals surface area contributed by atoms with Crippen LogP contribution < -0.4 is 10.5 Å². The molecule has 1 unspecified atom stereocenters. The minimum Gasteiger partial charge on any atom is -0.484 e. The number of hydrogen-bond acceptors (Lipinski definition) is 3. The number of carbonyl (C=O) groups excluding carboxylic acids is 2. The molecule has 1 saturated heterocycles. The van der Waals surface area contributed by atoms with Crippen LogP contribution in [-0.4, -0.2) is 35.9 Å². The molecule has 1 aromatic rings. The lowest BCUT2D eigenvalue weighted by Gasteiger charge is -2.35. The van der Waals surface area contributed by atoms with Gasteiger partial charge in [0.25, 0.3) is 11.8 Å². The lowest BCUT2D eigenvalue weighted by atomic mass is 9.99. The molecule has 5 nitrogen and oxygen atoms in total. The Hall–Kier alpha value is -2.04. The van der Waals surface area contributed by atoms with Crippen LogP contribution >= 0.6 is 0 Å². The summed E-state index contributed by atoms with van der Waals surface area (Å²) in [5, 5.41) is 0. The zero-order valence-electron chi connectivity index (χ0n) is 12.4. The Balaban J connectivity index is 2.11. The summed E-state index contributed by atoms with van der Waals surface area (Å²) in [5.74, 6) is -0.00964. The molecule has 1 aromatic carbocycles. The fraction of sp³-hybridized carbons (Fsp3) is 0.500. The normalized spacial score (nSPS) is 18.3. The number of nitrogens with two attached hydrogens (primary N) is 1. The molecular formula is C16H22N2O3. The molecule has 1 fully saturated rings. The molecule has 2 rings (SSSR count). The van der Waals surface area contributed by atoms with E-state index >= 15 is 0 Å². The van der Waals surface area contributed by atoms with Gasteiger partial charge in [0.15, 0.2) is 6.61 Å². The van der Waals surface area contributed by atoms with Gasteiger partial charge in [-0.3, -0.25) is 9.59 Å². The van der Waals surface area contributed by atoms with Gasteiger partial charge >= 0.3 is 0 Å². The van der Waals surface area contributed by atoms with E-state index in [-0.39, 0.29) is 12.5 Å². The van der Waals surface area contributed by atoms with E-state index in [1.165, 1.54) is 6.42 Å². The van der Waals surface area contributed by atoms with E-state index < -0.39 is 5.91 Å². The lowest BCUT2D eigenvalue weighted by molar-refractivity contribution is -0.119. The molecule has 0 spiro atoms. The highest BCUT2D eigenvalue weighted by Crippen LogP contribution is 2.23. The molecule has 0 aromatic heterocycles. The van der Waals surface area contributed by atoms with Gasteiger partial charge in [-0.25, -0.2) is 0 Å². The van der Waals surface area contributed by atoms with Crippen molar-refractivity contribution in [2.24, 2.45) is 5.73 Å². The zero-order valence-corrected chi connectivity index (χ0v) is 12.4. The maximum atomic E-state index is 12.6. The summed E-state index contributed by atoms with van der Waals surface area (Å²) < 4.78 is 5.25. The molecule has 5 heteroatoms. The molecule has 21 heavy (non-hydrogen) atoms. The fourth-order valence-corrected chi connectivity index (χ4v) is 2.73. The largest absolute Gasteiger partial charge is 0.484 e. The number of likely N-dealkylation sites (tertiary alicyclic amines) is 1. The first-order chi connectivity index (χ1) is 10.1. The number of rotatable bonds is 5. The van der Waals surface area contributed by atoms with Crippen LogP contribution in [-0.2, 0) is 4.79 Å². The second kappa shape index (κ2) is 7.11. The molecule has 2 N–H and O–H groups in total. The highest BCUT2D eigenvalue weighted by Gasteiger charge is 2.26. The third kappa shape index (κ3) is 3.97. The molecule has 1 heterocycles. The van der Waals surface area contributed by atoms with Gasteiger partial charge in [0.1, 0.15) is 5.75 Å². The van der Waals surface area contributed by atoms with Crippen molar-refractivity contribution in [3.05, 3.63) is 29.8 Å². The number of amides is 2. The van der Waals surface area contributed by atoms with Crippen molar-refractivity contribution in [2.45, 2.75) is 38.6 Å². The quantitative estimate of drug-likeness (QED) is 0.901. The molecule has 1 aliphatic heterocycles. The van der Waals surface area contributed by atoms with Crippen LogP contribution in [0.1, 0.15) is 43.0 Å². The average molecular weight is 290 g/mol. The van der Waals surface area contributed by atoms with E-state index in [1.54, 1.807) is 24.3 Å². The average Bonchev–Trinajstić information content (AvgIpc) is 2.52. The first kappa shape index (κ1) is 15.4. The van der Waals surface area contributed by atoms with Crippen LogP contribution in [0, 0.1) is 0 Å². The summed E-state index contributed by atoms with van der Waals surface area (Å²) >= 11 is 0. The molecule has 1 aliphatic rings. The first-order valence-electron chi connectivity index (χ1n) is 7.44. The summed E-state index contributed by atoms with van der Waals surface area (Å²) in [4.78, 5) is 25.3. The Labute approximate surface area is 125 Å². The summed E-state index contributed by atoms with van der Waals surface area (Å²) in [6.07, 6.45) is 4.29. The molecule has 0 radical (unpaired) electrons. The Morgan fingerprint density at radius 1 is 1.38 bits per heavy atom. The number of piperidine rings is 1. The van der Waals surface area contributed by atoms with Crippen LogP contribution in [0.25, 0.3) is 0 Å². The van der Waals surface area contributed by atoms with Crippen LogP contribution in [0.3, 0.4) is 0 Å². The summed E-state index contributed by atoms with van der Waals surface area (Å²) in [6.45, 7) is 2.74. The Kier molecular flexibility index (Phi) is 5.20. The molecule has 0 bridgehead atoms. The van der Waals surface area contributed by atoms with Crippen molar-refractivity contribution in [2.75, 3.05) is 13.2 Å². The van der Waals surface area contributed by atoms with E-state index in [4.69, 9.17) is 10.5 Å². The van der Waals surface area contributed by atoms with Gasteiger partial charge in [-0.05, 0) is 43.9 Å². The van der Waals surface area contributed by atoms with Gasteiger partial charge in [0.05, 0.1) is 0 Å². The standard InChI is InChI=1S/C16H22N2O3/c1-2-13-7-3-4-9-18(13)16(20)12-6-5-8-14(10-12)21-11-15(17)19/h5-6,8,10,13H,2-4,7,9,11H2,1H3,(H2,17,19). The third-order valence-corrected chi connectivity index (χ3v) is 3.82. The zero-order chi connectivity index (χ0) is 15.2. The first-order valence-corrected chi connectivity index (χ1v) is 7.44. The van der Waals surface area contributed by atoms with Crippen LogP contribution in [0.4, 0.5) is 0 Å². The van der Waals surface area contributed by atoms with Gasteiger partial charge in [0.2, 0.25) is 0 Å². The van der Waals surface area contributed by atoms with Gasteiger partial charge in [0, 0.05) is 18.2 Å². The van der Waals surface area contributed by atoms with E-state index in [0.29, 0.717) is 17.4 Å². The monoisotopic (exact) mass is 290 g/mol. The molecule has 2 amide bonds. The van der Waals surface area contributed by atoms with Crippen molar-refractivity contribution in [1.29, 1.82) is 0 Å². The van der Waals surface area contributed by atoms with Crippen molar-refractivity contribution in [3.63, 3.8) is 0 Å². The fourth-order valence-electron chi connectivity index (χ4n) is 2.73. The molecule has 0 saturated carbocycles. The predicted molar refractivity (Wildman–Crippen MR) is 80.1 cm³/mol. The predicted octanol–water partition coefficient (Wildman–Crippen LogP) is 1.96. The van der Waals surface area contributed by atoms with Gasteiger partial charge in [-0.15, -0.1) is 0 Å². The number of benzene rings is 1. The summed E-state index contributed by atoms with van der Waals surface area (Å²) in [5.41, 5.74) is 5.65. The number of hydrogen-bond donors (Lipinski definition) is 1. The minimum atomic E-state index is -0.534. The summed E-state index contributed by atoms with van der Waals surface area (Å²) in [7, 11) is 0. The Morgan fingerprint density at radius 2 is 2.19 bits per heavy atom. The van der Waals surface area contributed by atoms with Crippen LogP contribution in [0.15, 0.2) is 24.3 Å². The smallest absolute Gasteiger partial charge is 0.255 e. The van der Waals surface area contributed by atoms with Crippen molar-refractivity contribution in [1.82, 2.24) is 4.90 Å². The molecule has 0 aliphatic carbocycles. The third-order valence-electron chi connectivity index (χ3n) is 3.82. The number of nitrogens with zero attached hydrogens (tertiary/aromatic N) is 1. The van der Waals surface area contributed by atoms with E-state index in [9.17, 15) is 9.59 Å². The Morgan fingerprint density at radius 3 is 2.90 bits per heavy atom. The number of primary amides is 1. The van der Waals surface area contributed by atoms with E-state index in [1.807, 2.05) is 4.90 Å². The van der Waals surface area contributed by atoms with Gasteiger partial charge < -0.3 is 15.4 Å². The van der Waals surface area contributed by atoms with Crippen LogP contribution in [0.5, 0.6) is 5.75 Å². The molecule has 1 atom stereocenters. The maximum absolute atomic E-state index is 12.6. The highest BCUT2D eigenvalue weighted by molar-refractivity contribution is 5.95. The Bertz CT molecular complexity index is 516. The maximum Gasteiger partial charge on any atom is 0.255 e. The number of carbonyl (C=O) groups is 2. The second-order valence-electron chi connectivity index (χ2n) is 5.34. The summed E-state index contributed by atoms with van der Waals surface area (Å²) in [6, 6.07) is 7.25. The minimum absolute atomic E-state index is 0.0334. The molecule has 114 valence electrons. The van der Waals surface area contributed by atoms with Crippen molar-refractivity contribution in [3.8, 4) is 5.75 Å². The van der Waals surface area contributed by atoms with E-state index in [2.05, 4.69) is 6.92 Å². The van der Waals surface area contributed by atoms with Crippen molar-refractivity contribution < 1.29 is 14.3 Å². The lowest BCUT2D eigenvalue weighted by Crippen LogP contribution is -2.43. The topological polar surface area (TPSA) is 72.6 Å².